The van der Waals surface area contributed by atoms with Gasteiger partial charge in [0.2, 0.25) is 0 Å². The maximum absolute atomic E-state index is 14.3. The van der Waals surface area contributed by atoms with E-state index in [1.54, 1.807) is 39.9 Å². The first kappa shape index (κ1) is 16.0. The van der Waals surface area contributed by atoms with E-state index in [1.165, 1.54) is 6.07 Å². The van der Waals surface area contributed by atoms with Crippen molar-refractivity contribution in [3.05, 3.63) is 60.7 Å². The van der Waals surface area contributed by atoms with Crippen LogP contribution >= 0.6 is 0 Å². The summed E-state index contributed by atoms with van der Waals surface area (Å²) >= 11 is 0. The van der Waals surface area contributed by atoms with Crippen molar-refractivity contribution >= 4 is 11.2 Å². The number of halogens is 2. The van der Waals surface area contributed by atoms with Gasteiger partial charge in [-0.1, -0.05) is 6.07 Å². The molecule has 4 aromatic rings. The Morgan fingerprint density at radius 3 is 2.78 bits per heavy atom. The minimum Gasteiger partial charge on any atom is -0.396 e. The molecule has 1 saturated heterocycles. The van der Waals surface area contributed by atoms with E-state index >= 15 is 0 Å². The lowest BCUT2D eigenvalue weighted by Gasteiger charge is -2.27. The summed E-state index contributed by atoms with van der Waals surface area (Å²) in [6, 6.07) is 7.68. The van der Waals surface area contributed by atoms with Crippen molar-refractivity contribution < 1.29 is 13.5 Å². The molecule has 0 spiro atoms. The molecule has 0 bridgehead atoms. The summed E-state index contributed by atoms with van der Waals surface area (Å²) in [5, 5.41) is 4.33. The van der Waals surface area contributed by atoms with Crippen molar-refractivity contribution in [3.63, 3.8) is 0 Å². The lowest BCUT2D eigenvalue weighted by atomic mass is 10.0. The van der Waals surface area contributed by atoms with Crippen LogP contribution in [0.15, 0.2) is 49.1 Å². The monoisotopic (exact) mass is 367 g/mol. The van der Waals surface area contributed by atoms with Crippen LogP contribution in [-0.2, 0) is 4.74 Å². The topological polar surface area (TPSA) is 70.4 Å². The number of nitrogen functional groups attached to an aromatic ring is 1. The second-order valence-corrected chi connectivity index (χ2v) is 6.40. The Labute approximate surface area is 152 Å². The Morgan fingerprint density at radius 2 is 2.00 bits per heavy atom. The highest BCUT2D eigenvalue weighted by atomic mass is 19.1. The minimum absolute atomic E-state index is 0.0819. The van der Waals surface area contributed by atoms with E-state index in [1.807, 2.05) is 6.07 Å². The summed E-state index contributed by atoms with van der Waals surface area (Å²) in [5.74, 6) is -1.43. The van der Waals surface area contributed by atoms with Crippen molar-refractivity contribution in [2.75, 3.05) is 12.3 Å². The van der Waals surface area contributed by atoms with Crippen LogP contribution in [-0.4, -0.2) is 25.8 Å². The zero-order valence-electron chi connectivity index (χ0n) is 14.1. The van der Waals surface area contributed by atoms with Crippen molar-refractivity contribution in [2.45, 2.75) is 12.6 Å². The van der Waals surface area contributed by atoms with Crippen LogP contribution in [0.2, 0.25) is 0 Å². The van der Waals surface area contributed by atoms with E-state index in [2.05, 4.69) is 10.1 Å². The van der Waals surface area contributed by atoms with E-state index in [0.717, 1.165) is 29.4 Å². The van der Waals surface area contributed by atoms with Gasteiger partial charge in [0.25, 0.3) is 0 Å². The van der Waals surface area contributed by atoms with Gasteiger partial charge in [-0.3, -0.25) is 0 Å². The number of pyridine rings is 1. The molecule has 1 unspecified atom stereocenters. The molecule has 2 N–H and O–H groups in total. The minimum atomic E-state index is -0.769. The van der Waals surface area contributed by atoms with E-state index < -0.39 is 11.6 Å². The summed E-state index contributed by atoms with van der Waals surface area (Å²) in [5.41, 5.74) is 8.07. The Hall–Kier alpha value is -3.26. The van der Waals surface area contributed by atoms with Crippen molar-refractivity contribution in [1.29, 1.82) is 0 Å². The van der Waals surface area contributed by atoms with Crippen LogP contribution in [0.3, 0.4) is 0 Å². The molecule has 1 aliphatic rings. The van der Waals surface area contributed by atoms with Gasteiger partial charge in [-0.05, 0) is 24.3 Å². The molecule has 3 aromatic heterocycles. The summed E-state index contributed by atoms with van der Waals surface area (Å²) < 4.78 is 37.6. The van der Waals surface area contributed by atoms with E-state index in [0.29, 0.717) is 12.2 Å². The molecule has 0 aliphatic carbocycles. The molecule has 4 heterocycles. The quantitative estimate of drug-likeness (QED) is 0.561. The van der Waals surface area contributed by atoms with Gasteiger partial charge in [0.05, 0.1) is 29.1 Å². The van der Waals surface area contributed by atoms with E-state index in [4.69, 9.17) is 10.5 Å². The molecular weight excluding hydrogens is 352 g/mol. The van der Waals surface area contributed by atoms with Gasteiger partial charge in [0.1, 0.15) is 17.8 Å². The van der Waals surface area contributed by atoms with Crippen molar-refractivity contribution in [3.8, 4) is 22.5 Å². The smallest absolute Gasteiger partial charge is 0.156 e. The number of imidazole rings is 1. The molecule has 0 saturated carbocycles. The molecule has 1 fully saturated rings. The van der Waals surface area contributed by atoms with Crippen LogP contribution in [0.1, 0.15) is 12.6 Å². The van der Waals surface area contributed by atoms with Crippen LogP contribution in [0, 0.1) is 11.6 Å². The highest BCUT2D eigenvalue weighted by molar-refractivity contribution is 5.78. The van der Waals surface area contributed by atoms with Gasteiger partial charge in [-0.15, -0.1) is 0 Å². The normalized spacial score (nSPS) is 16.6. The Kier molecular flexibility index (Phi) is 3.48. The van der Waals surface area contributed by atoms with Crippen molar-refractivity contribution in [1.82, 2.24) is 19.2 Å². The molecule has 0 radical (unpaired) electrons. The van der Waals surface area contributed by atoms with Crippen LogP contribution in [0.5, 0.6) is 0 Å². The molecular formula is C19H15F2N5O. The zero-order valence-corrected chi connectivity index (χ0v) is 14.1. The zero-order chi connectivity index (χ0) is 18.5. The number of hydrogen-bond donors (Lipinski definition) is 1. The van der Waals surface area contributed by atoms with Gasteiger partial charge < -0.3 is 14.9 Å². The Morgan fingerprint density at radius 1 is 1.15 bits per heavy atom. The third-order valence-electron chi connectivity index (χ3n) is 4.80. The number of nitrogens with zero attached hydrogens (tertiary/aromatic N) is 4. The van der Waals surface area contributed by atoms with Gasteiger partial charge in [-0.2, -0.15) is 5.10 Å². The fraction of sp³-hybridized carbons (Fsp3) is 0.158. The van der Waals surface area contributed by atoms with Gasteiger partial charge >= 0.3 is 0 Å². The number of fused-ring (bicyclic) bond motifs is 1. The first-order valence-electron chi connectivity index (χ1n) is 8.49. The van der Waals surface area contributed by atoms with E-state index in [9.17, 15) is 8.78 Å². The standard InChI is InChI=1S/C19H15F2N5O/c20-12-2-3-13(22)18(21)17(12)11-1-4-14-19(23-10-25(14)9-11)15-5-7-24-26(15)16-6-8-27-16/h1-5,7,9-10,16H,6,8,22H2. The van der Waals surface area contributed by atoms with Crippen LogP contribution in [0.4, 0.5) is 14.5 Å². The van der Waals surface area contributed by atoms with Gasteiger partial charge in [0.15, 0.2) is 12.0 Å². The molecule has 27 heavy (non-hydrogen) atoms. The molecule has 136 valence electrons. The molecule has 5 rings (SSSR count). The lowest BCUT2D eigenvalue weighted by Crippen LogP contribution is -2.26. The molecule has 1 atom stereocenters. The molecule has 1 aliphatic heterocycles. The Balaban J connectivity index is 1.62. The van der Waals surface area contributed by atoms with E-state index in [-0.39, 0.29) is 17.5 Å². The Bertz CT molecular complexity index is 1160. The second kappa shape index (κ2) is 5.88. The summed E-state index contributed by atoms with van der Waals surface area (Å²) in [4.78, 5) is 4.47. The van der Waals surface area contributed by atoms with Gasteiger partial charge in [0, 0.05) is 24.4 Å². The van der Waals surface area contributed by atoms with Crippen LogP contribution in [0.25, 0.3) is 28.0 Å². The number of nitrogens with two attached hydrogens (primary N) is 1. The summed E-state index contributed by atoms with van der Waals surface area (Å²) in [6.07, 6.45) is 5.76. The maximum Gasteiger partial charge on any atom is 0.156 e. The third-order valence-corrected chi connectivity index (χ3v) is 4.80. The second-order valence-electron chi connectivity index (χ2n) is 6.40. The lowest BCUT2D eigenvalue weighted by molar-refractivity contribution is -0.105. The van der Waals surface area contributed by atoms with Crippen LogP contribution < -0.4 is 5.73 Å². The number of aromatic nitrogens is 4. The number of rotatable bonds is 3. The summed E-state index contributed by atoms with van der Waals surface area (Å²) in [6.45, 7) is 0.717. The number of hydrogen-bond acceptors (Lipinski definition) is 4. The molecule has 6 nitrogen and oxygen atoms in total. The van der Waals surface area contributed by atoms with Gasteiger partial charge in [-0.25, -0.2) is 18.4 Å². The predicted octanol–water partition coefficient (Wildman–Crippen LogP) is 3.64. The number of benzene rings is 1. The fourth-order valence-corrected chi connectivity index (χ4v) is 3.33. The summed E-state index contributed by atoms with van der Waals surface area (Å²) in [7, 11) is 0. The maximum atomic E-state index is 14.3. The molecule has 0 amide bonds. The number of anilines is 1. The molecule has 1 aromatic carbocycles. The third kappa shape index (κ3) is 2.41. The largest absolute Gasteiger partial charge is 0.396 e. The number of ether oxygens (including phenoxy) is 1. The predicted molar refractivity (Wildman–Crippen MR) is 95.8 cm³/mol. The molecule has 8 heteroatoms. The average Bonchev–Trinajstić information content (AvgIpc) is 3.23. The fourth-order valence-electron chi connectivity index (χ4n) is 3.33. The first-order valence-corrected chi connectivity index (χ1v) is 8.49. The highest BCUT2D eigenvalue weighted by Gasteiger charge is 2.25. The average molecular weight is 367 g/mol. The SMILES string of the molecule is Nc1ccc(F)c(-c2ccc3c(-c4ccnn4C4CCO4)ncn3c2)c1F. The highest BCUT2D eigenvalue weighted by Crippen LogP contribution is 2.33. The van der Waals surface area contributed by atoms with Crippen molar-refractivity contribution in [2.24, 2.45) is 0 Å². The first-order chi connectivity index (χ1) is 13.1.